The van der Waals surface area contributed by atoms with Gasteiger partial charge in [-0.2, -0.15) is 13.2 Å². The van der Waals surface area contributed by atoms with Crippen molar-refractivity contribution in [2.75, 3.05) is 11.4 Å². The van der Waals surface area contributed by atoms with Crippen LogP contribution in [0.25, 0.3) is 0 Å². The second-order valence-corrected chi connectivity index (χ2v) is 5.52. The number of rotatable bonds is 2. The van der Waals surface area contributed by atoms with E-state index < -0.39 is 17.1 Å². The summed E-state index contributed by atoms with van der Waals surface area (Å²) in [6.07, 6.45) is -3.15. The molecule has 1 aromatic rings. The molecule has 0 aromatic carbocycles. The molecule has 2 heterocycles. The lowest BCUT2D eigenvalue weighted by atomic mass is 9.93. The summed E-state index contributed by atoms with van der Waals surface area (Å²) in [7, 11) is 0. The van der Waals surface area contributed by atoms with E-state index in [1.807, 2.05) is 6.92 Å². The molecule has 19 heavy (non-hydrogen) atoms. The molecule has 106 valence electrons. The molecule has 5 nitrogen and oxygen atoms in total. The number of nitrogens with zero attached hydrogens (tertiary/aromatic N) is 3. The summed E-state index contributed by atoms with van der Waals surface area (Å²) >= 11 is 0.490. The Balaban J connectivity index is 2.19. The maximum absolute atomic E-state index is 12.5. The van der Waals surface area contributed by atoms with Crippen molar-refractivity contribution in [3.63, 3.8) is 0 Å². The Morgan fingerprint density at radius 2 is 2.11 bits per heavy atom. The number of nitrogens with two attached hydrogens (primary N) is 1. The van der Waals surface area contributed by atoms with Crippen LogP contribution in [0.2, 0.25) is 0 Å². The first kappa shape index (κ1) is 14.0. The van der Waals surface area contributed by atoms with Crippen molar-refractivity contribution in [2.45, 2.75) is 32.0 Å². The van der Waals surface area contributed by atoms with Crippen molar-refractivity contribution in [2.24, 2.45) is 11.7 Å². The average Bonchev–Trinajstić information content (AvgIpc) is 2.78. The van der Waals surface area contributed by atoms with Gasteiger partial charge in [-0.05, 0) is 19.8 Å². The molecule has 1 fully saturated rings. The van der Waals surface area contributed by atoms with Crippen molar-refractivity contribution in [1.82, 2.24) is 10.2 Å². The summed E-state index contributed by atoms with van der Waals surface area (Å²) in [5.74, 6) is -0.785. The predicted molar refractivity (Wildman–Crippen MR) is 63.6 cm³/mol. The van der Waals surface area contributed by atoms with Crippen LogP contribution in [0.5, 0.6) is 0 Å². The second-order valence-electron chi connectivity index (χ2n) is 4.57. The summed E-state index contributed by atoms with van der Waals surface area (Å²) in [6.45, 7) is 2.18. The van der Waals surface area contributed by atoms with Gasteiger partial charge in [0.1, 0.15) is 0 Å². The molecule has 9 heteroatoms. The Hall–Kier alpha value is -1.38. The number of anilines is 1. The van der Waals surface area contributed by atoms with E-state index in [-0.39, 0.29) is 17.1 Å². The number of carbonyl (C=O) groups is 1. The van der Waals surface area contributed by atoms with Gasteiger partial charge in [0.2, 0.25) is 16.0 Å². The minimum atomic E-state index is -4.49. The van der Waals surface area contributed by atoms with Crippen LogP contribution in [0.3, 0.4) is 0 Å². The van der Waals surface area contributed by atoms with Crippen LogP contribution in [0.15, 0.2) is 0 Å². The molecule has 1 aliphatic heterocycles. The minimum Gasteiger partial charge on any atom is -0.369 e. The molecular weight excluding hydrogens is 281 g/mol. The number of hydrogen-bond acceptors (Lipinski definition) is 5. The zero-order valence-corrected chi connectivity index (χ0v) is 11.0. The topological polar surface area (TPSA) is 72.1 Å². The Bertz CT molecular complexity index is 476. The smallest absolute Gasteiger partial charge is 0.369 e. The van der Waals surface area contributed by atoms with Crippen molar-refractivity contribution in [3.8, 4) is 0 Å². The highest BCUT2D eigenvalue weighted by Crippen LogP contribution is 2.36. The van der Waals surface area contributed by atoms with Gasteiger partial charge in [0, 0.05) is 12.6 Å². The highest BCUT2D eigenvalue weighted by Gasteiger charge is 2.37. The fraction of sp³-hybridized carbons (Fsp3) is 0.700. The molecule has 0 saturated carbocycles. The average molecular weight is 294 g/mol. The molecule has 1 aliphatic rings. The number of aromatic nitrogens is 2. The summed E-state index contributed by atoms with van der Waals surface area (Å²) in [6, 6.07) is 0.0182. The van der Waals surface area contributed by atoms with Gasteiger partial charge in [0.05, 0.1) is 5.92 Å². The third-order valence-electron chi connectivity index (χ3n) is 3.19. The van der Waals surface area contributed by atoms with Gasteiger partial charge in [-0.15, -0.1) is 10.2 Å². The van der Waals surface area contributed by atoms with E-state index in [9.17, 15) is 18.0 Å². The predicted octanol–water partition coefficient (Wildman–Crippen LogP) is 1.65. The normalized spacial score (nSPS) is 24.5. The molecular formula is C10H13F3N4OS. The SMILES string of the molecule is CC1CCC(C(N)=O)CN1c1nnc(C(F)(F)F)s1. The van der Waals surface area contributed by atoms with Crippen LogP contribution in [0.4, 0.5) is 18.3 Å². The van der Waals surface area contributed by atoms with Gasteiger partial charge in [0.25, 0.3) is 0 Å². The van der Waals surface area contributed by atoms with E-state index in [0.717, 1.165) is 0 Å². The first-order valence-electron chi connectivity index (χ1n) is 5.75. The Labute approximate surface area is 111 Å². The van der Waals surface area contributed by atoms with E-state index in [0.29, 0.717) is 30.7 Å². The van der Waals surface area contributed by atoms with Crippen LogP contribution >= 0.6 is 11.3 Å². The van der Waals surface area contributed by atoms with E-state index in [1.165, 1.54) is 0 Å². The first-order valence-corrected chi connectivity index (χ1v) is 6.57. The first-order chi connectivity index (χ1) is 8.79. The van der Waals surface area contributed by atoms with Crippen LogP contribution in [-0.2, 0) is 11.0 Å². The van der Waals surface area contributed by atoms with Crippen molar-refractivity contribution < 1.29 is 18.0 Å². The molecule has 2 N–H and O–H groups in total. The molecule has 2 rings (SSSR count). The number of alkyl halides is 3. The van der Waals surface area contributed by atoms with Gasteiger partial charge >= 0.3 is 6.18 Å². The Morgan fingerprint density at radius 1 is 1.42 bits per heavy atom. The highest BCUT2D eigenvalue weighted by atomic mass is 32.1. The number of amides is 1. The van der Waals surface area contributed by atoms with E-state index in [1.54, 1.807) is 4.90 Å². The van der Waals surface area contributed by atoms with E-state index in [4.69, 9.17) is 5.73 Å². The molecule has 2 unspecified atom stereocenters. The standard InChI is InChI=1S/C10H13F3N4OS/c1-5-2-3-6(7(14)18)4-17(5)9-16-15-8(19-9)10(11,12)13/h5-6H,2-4H2,1H3,(H2,14,18). The van der Waals surface area contributed by atoms with Gasteiger partial charge in [-0.1, -0.05) is 11.3 Å². The van der Waals surface area contributed by atoms with Crippen molar-refractivity contribution >= 4 is 22.4 Å². The lowest BCUT2D eigenvalue weighted by Gasteiger charge is -2.36. The Kier molecular flexibility index (Phi) is 3.66. The summed E-state index contributed by atoms with van der Waals surface area (Å²) in [4.78, 5) is 12.9. The molecule has 0 bridgehead atoms. The molecule has 1 aromatic heterocycles. The summed E-state index contributed by atoms with van der Waals surface area (Å²) in [5, 5.41) is 5.94. The van der Waals surface area contributed by atoms with Gasteiger partial charge < -0.3 is 10.6 Å². The zero-order chi connectivity index (χ0) is 14.2. The third kappa shape index (κ3) is 2.96. The van der Waals surface area contributed by atoms with Crippen LogP contribution in [0.1, 0.15) is 24.8 Å². The summed E-state index contributed by atoms with van der Waals surface area (Å²) < 4.78 is 37.5. The molecule has 0 spiro atoms. The highest BCUT2D eigenvalue weighted by molar-refractivity contribution is 7.15. The molecule has 0 radical (unpaired) electrons. The van der Waals surface area contributed by atoms with Crippen LogP contribution < -0.4 is 10.6 Å². The third-order valence-corrected chi connectivity index (χ3v) is 4.19. The van der Waals surface area contributed by atoms with Gasteiger partial charge in [-0.3, -0.25) is 4.79 Å². The maximum atomic E-state index is 12.5. The van der Waals surface area contributed by atoms with Crippen LogP contribution in [-0.4, -0.2) is 28.7 Å². The summed E-state index contributed by atoms with van der Waals surface area (Å²) in [5.41, 5.74) is 5.25. The number of halogens is 3. The van der Waals surface area contributed by atoms with Crippen molar-refractivity contribution in [1.29, 1.82) is 0 Å². The lowest BCUT2D eigenvalue weighted by Crippen LogP contribution is -2.45. The minimum absolute atomic E-state index is 0.0182. The fourth-order valence-corrected chi connectivity index (χ4v) is 2.88. The Morgan fingerprint density at radius 3 is 2.63 bits per heavy atom. The monoisotopic (exact) mass is 294 g/mol. The number of hydrogen-bond donors (Lipinski definition) is 1. The fourth-order valence-electron chi connectivity index (χ4n) is 2.05. The molecule has 1 saturated heterocycles. The lowest BCUT2D eigenvalue weighted by molar-refractivity contribution is -0.138. The van der Waals surface area contributed by atoms with Crippen molar-refractivity contribution in [3.05, 3.63) is 5.01 Å². The second kappa shape index (κ2) is 4.95. The van der Waals surface area contributed by atoms with Crippen LogP contribution in [0, 0.1) is 5.92 Å². The quantitative estimate of drug-likeness (QED) is 0.900. The number of primary amides is 1. The zero-order valence-electron chi connectivity index (χ0n) is 10.1. The number of piperidine rings is 1. The van der Waals surface area contributed by atoms with E-state index in [2.05, 4.69) is 10.2 Å². The molecule has 2 atom stereocenters. The largest absolute Gasteiger partial charge is 0.445 e. The maximum Gasteiger partial charge on any atom is 0.445 e. The van der Waals surface area contributed by atoms with E-state index >= 15 is 0 Å². The molecule has 0 aliphatic carbocycles. The molecule has 1 amide bonds. The van der Waals surface area contributed by atoms with Gasteiger partial charge in [0.15, 0.2) is 0 Å². The number of carbonyl (C=O) groups excluding carboxylic acids is 1. The van der Waals surface area contributed by atoms with Gasteiger partial charge in [-0.25, -0.2) is 0 Å².